The van der Waals surface area contributed by atoms with Gasteiger partial charge >= 0.3 is 0 Å². The van der Waals surface area contributed by atoms with Gasteiger partial charge in [0.1, 0.15) is 5.75 Å². The molecule has 1 aliphatic heterocycles. The molecule has 7 nitrogen and oxygen atoms in total. The number of benzene rings is 2. The lowest BCUT2D eigenvalue weighted by Gasteiger charge is -2.14. The zero-order valence-corrected chi connectivity index (χ0v) is 19.6. The molecule has 0 bridgehead atoms. The highest BCUT2D eigenvalue weighted by Gasteiger charge is 2.11. The quantitative estimate of drug-likeness (QED) is 0.223. The van der Waals surface area contributed by atoms with Gasteiger partial charge in [0.15, 0.2) is 17.5 Å². The van der Waals surface area contributed by atoms with Crippen molar-refractivity contribution >= 4 is 35.6 Å². The van der Waals surface area contributed by atoms with Gasteiger partial charge in [0.25, 0.3) is 0 Å². The molecule has 0 saturated carbocycles. The molecular weight excluding hydrogens is 497 g/mol. The fraction of sp³-hybridized carbons (Fsp3) is 0.409. The van der Waals surface area contributed by atoms with Crippen LogP contribution < -0.4 is 24.8 Å². The number of anilines is 1. The highest BCUT2D eigenvalue weighted by Crippen LogP contribution is 2.32. The molecule has 0 saturated heterocycles. The van der Waals surface area contributed by atoms with Crippen molar-refractivity contribution in [3.8, 4) is 17.2 Å². The van der Waals surface area contributed by atoms with E-state index in [1.807, 2.05) is 48.5 Å². The minimum Gasteiger partial charge on any atom is -0.494 e. The molecule has 0 aliphatic carbocycles. The lowest BCUT2D eigenvalue weighted by molar-refractivity contribution is 0.204. The summed E-state index contributed by atoms with van der Waals surface area (Å²) in [4.78, 5) is 4.64. The van der Waals surface area contributed by atoms with Gasteiger partial charge in [-0.3, -0.25) is 4.99 Å². The van der Waals surface area contributed by atoms with Gasteiger partial charge < -0.3 is 29.6 Å². The van der Waals surface area contributed by atoms with E-state index in [1.54, 1.807) is 7.11 Å². The van der Waals surface area contributed by atoms with Gasteiger partial charge in [0, 0.05) is 44.8 Å². The summed E-state index contributed by atoms with van der Waals surface area (Å²) in [5, 5.41) is 6.60. The molecule has 1 heterocycles. The maximum atomic E-state index is 5.76. The second-order valence-electron chi connectivity index (χ2n) is 6.50. The number of nitrogens with zero attached hydrogens (tertiary/aromatic N) is 1. The zero-order chi connectivity index (χ0) is 20.2. The number of rotatable bonds is 9. The summed E-state index contributed by atoms with van der Waals surface area (Å²) in [6, 6.07) is 15.6. The van der Waals surface area contributed by atoms with Crippen LogP contribution in [0.4, 0.5) is 5.69 Å². The van der Waals surface area contributed by atoms with E-state index in [9.17, 15) is 0 Å². The Kier molecular flexibility index (Phi) is 11.2. The molecule has 0 fully saturated rings. The van der Waals surface area contributed by atoms with Gasteiger partial charge in [-0.1, -0.05) is 18.2 Å². The van der Waals surface area contributed by atoms with Crippen molar-refractivity contribution in [1.82, 2.24) is 5.32 Å². The minimum atomic E-state index is 0. The maximum Gasteiger partial charge on any atom is 0.195 e. The first-order valence-electron chi connectivity index (χ1n) is 9.97. The van der Waals surface area contributed by atoms with E-state index in [0.717, 1.165) is 35.8 Å². The van der Waals surface area contributed by atoms with Gasteiger partial charge in [-0.2, -0.15) is 0 Å². The Bertz CT molecular complexity index is 774. The van der Waals surface area contributed by atoms with Crippen molar-refractivity contribution in [3.63, 3.8) is 0 Å². The molecule has 0 amide bonds. The number of hydrogen-bond acceptors (Lipinski definition) is 5. The minimum absolute atomic E-state index is 0. The number of ether oxygens (including phenoxy) is 4. The summed E-state index contributed by atoms with van der Waals surface area (Å²) < 4.78 is 22.3. The highest BCUT2D eigenvalue weighted by molar-refractivity contribution is 14.0. The molecule has 2 aromatic carbocycles. The van der Waals surface area contributed by atoms with Gasteiger partial charge in [0.2, 0.25) is 0 Å². The predicted octanol–water partition coefficient (Wildman–Crippen LogP) is 3.94. The van der Waals surface area contributed by atoms with Crippen LogP contribution in [-0.2, 0) is 4.74 Å². The van der Waals surface area contributed by atoms with Crippen LogP contribution in [0.3, 0.4) is 0 Å². The summed E-state index contributed by atoms with van der Waals surface area (Å²) in [5.41, 5.74) is 0.887. The Morgan fingerprint density at radius 2 is 1.83 bits per heavy atom. The van der Waals surface area contributed by atoms with Crippen LogP contribution in [0.25, 0.3) is 0 Å². The first kappa shape index (κ1) is 24.1. The molecule has 2 aromatic rings. The van der Waals surface area contributed by atoms with Crippen molar-refractivity contribution in [2.24, 2.45) is 4.99 Å². The van der Waals surface area contributed by atoms with E-state index in [1.165, 1.54) is 0 Å². The van der Waals surface area contributed by atoms with Gasteiger partial charge in [-0.25, -0.2) is 0 Å². The molecule has 3 rings (SSSR count). The van der Waals surface area contributed by atoms with Crippen LogP contribution in [0, 0.1) is 0 Å². The average Bonchev–Trinajstić information content (AvgIpc) is 2.99. The third kappa shape index (κ3) is 8.27. The predicted molar refractivity (Wildman–Crippen MR) is 130 cm³/mol. The fourth-order valence-corrected chi connectivity index (χ4v) is 2.75. The summed E-state index contributed by atoms with van der Waals surface area (Å²) in [6.45, 7) is 3.84. The van der Waals surface area contributed by atoms with E-state index < -0.39 is 0 Å². The Labute approximate surface area is 195 Å². The number of hydrogen-bond donors (Lipinski definition) is 2. The van der Waals surface area contributed by atoms with E-state index in [-0.39, 0.29) is 24.0 Å². The normalized spacial score (nSPS) is 13.0. The molecule has 8 heteroatoms. The number of methoxy groups -OCH3 is 1. The Balaban J connectivity index is 0.00000320. The Morgan fingerprint density at radius 3 is 2.63 bits per heavy atom. The van der Waals surface area contributed by atoms with Crippen LogP contribution in [-0.4, -0.2) is 52.6 Å². The number of guanidine groups is 1. The topological polar surface area (TPSA) is 73.3 Å². The van der Waals surface area contributed by atoms with Gasteiger partial charge in [0.05, 0.1) is 26.4 Å². The third-order valence-corrected chi connectivity index (χ3v) is 4.19. The average molecular weight is 527 g/mol. The number of halogens is 1. The lowest BCUT2D eigenvalue weighted by atomic mass is 10.3. The van der Waals surface area contributed by atoms with Crippen molar-refractivity contribution in [1.29, 1.82) is 0 Å². The summed E-state index contributed by atoms with van der Waals surface area (Å²) in [6.07, 6.45) is 1.70. The number of para-hydroxylation sites is 1. The molecule has 164 valence electrons. The summed E-state index contributed by atoms with van der Waals surface area (Å²) in [7, 11) is 1.68. The maximum absolute atomic E-state index is 5.76. The van der Waals surface area contributed by atoms with Crippen LogP contribution >= 0.6 is 24.0 Å². The van der Waals surface area contributed by atoms with Crippen LogP contribution in [0.5, 0.6) is 17.2 Å². The summed E-state index contributed by atoms with van der Waals surface area (Å²) >= 11 is 0. The largest absolute Gasteiger partial charge is 0.494 e. The molecular formula is C22H30IN3O4. The standard InChI is InChI=1S/C22H29N3O4.HI/c1-26-16-12-24-22(23-11-5-13-27-19-7-3-2-4-8-19)25-18-9-10-20-21(17-18)29-15-6-14-28-20;/h2-4,7-10,17H,5-6,11-16H2,1H3,(H2,23,24,25);1H. The number of fused-ring (bicyclic) bond motifs is 1. The van der Waals surface area contributed by atoms with Crippen molar-refractivity contribution < 1.29 is 18.9 Å². The molecule has 0 spiro atoms. The molecule has 2 N–H and O–H groups in total. The molecule has 1 aliphatic rings. The lowest BCUT2D eigenvalue weighted by Crippen LogP contribution is -2.33. The van der Waals surface area contributed by atoms with E-state index >= 15 is 0 Å². The molecule has 30 heavy (non-hydrogen) atoms. The van der Waals surface area contributed by atoms with Crippen molar-refractivity contribution in [2.75, 3.05) is 51.9 Å². The Hall–Kier alpha value is -2.20. The second kappa shape index (κ2) is 13.9. The summed E-state index contributed by atoms with van der Waals surface area (Å²) in [5.74, 6) is 3.09. The highest BCUT2D eigenvalue weighted by atomic mass is 127. The first-order chi connectivity index (χ1) is 14.3. The molecule has 0 unspecified atom stereocenters. The van der Waals surface area contributed by atoms with E-state index in [0.29, 0.717) is 45.5 Å². The Morgan fingerprint density at radius 1 is 1.03 bits per heavy atom. The number of aliphatic imine (C=N–C) groups is 1. The monoisotopic (exact) mass is 527 g/mol. The van der Waals surface area contributed by atoms with Gasteiger partial charge in [-0.05, 0) is 24.3 Å². The van der Waals surface area contributed by atoms with Crippen molar-refractivity contribution in [3.05, 3.63) is 48.5 Å². The number of nitrogens with one attached hydrogen (secondary N) is 2. The third-order valence-electron chi connectivity index (χ3n) is 4.19. The fourth-order valence-electron chi connectivity index (χ4n) is 2.75. The second-order valence-corrected chi connectivity index (χ2v) is 6.50. The van der Waals surface area contributed by atoms with Crippen LogP contribution in [0.1, 0.15) is 12.8 Å². The molecule has 0 atom stereocenters. The zero-order valence-electron chi connectivity index (χ0n) is 17.3. The van der Waals surface area contributed by atoms with Crippen molar-refractivity contribution in [2.45, 2.75) is 12.8 Å². The van der Waals surface area contributed by atoms with E-state index in [2.05, 4.69) is 15.6 Å². The SMILES string of the molecule is COCCNC(=NCCCOc1ccccc1)Nc1ccc2c(c1)OCCCO2.I. The van der Waals surface area contributed by atoms with E-state index in [4.69, 9.17) is 18.9 Å². The van der Waals surface area contributed by atoms with Gasteiger partial charge in [-0.15, -0.1) is 24.0 Å². The van der Waals surface area contributed by atoms with Crippen LogP contribution in [0.2, 0.25) is 0 Å². The first-order valence-corrected chi connectivity index (χ1v) is 9.97. The van der Waals surface area contributed by atoms with Crippen LogP contribution in [0.15, 0.2) is 53.5 Å². The molecule has 0 radical (unpaired) electrons. The smallest absolute Gasteiger partial charge is 0.195 e. The molecule has 0 aromatic heterocycles.